The van der Waals surface area contributed by atoms with Crippen molar-refractivity contribution in [1.82, 2.24) is 0 Å². The maximum absolute atomic E-state index is 12.6. The smallest absolute Gasteiger partial charge is 0.185 e. The van der Waals surface area contributed by atoms with E-state index in [1.807, 2.05) is 13.8 Å². The molecule has 2 aliphatic heterocycles. The topological polar surface area (TPSA) is 100 Å². The quantitative estimate of drug-likeness (QED) is 0.440. The number of aromatic hydroxyl groups is 2. The van der Waals surface area contributed by atoms with Gasteiger partial charge in [-0.2, -0.15) is 0 Å². The molecule has 3 N–H and O–H groups in total. The van der Waals surface area contributed by atoms with Gasteiger partial charge in [0.2, 0.25) is 0 Å². The minimum absolute atomic E-state index is 0.0297. The van der Waals surface area contributed by atoms with E-state index in [-0.39, 0.29) is 39.9 Å². The van der Waals surface area contributed by atoms with E-state index >= 15 is 0 Å². The van der Waals surface area contributed by atoms with E-state index in [4.69, 9.17) is 9.15 Å². The fraction of sp³-hybridized carbons (Fsp3) is 0.435. The van der Waals surface area contributed by atoms with Gasteiger partial charge >= 0.3 is 0 Å². The Balaban J connectivity index is 2.24. The summed E-state index contributed by atoms with van der Waals surface area (Å²) in [7, 11) is 0. The average molecular weight is 398 g/mol. The van der Waals surface area contributed by atoms with Crippen LogP contribution < -0.4 is 10.2 Å². The molecule has 3 aliphatic rings. The predicted octanol–water partition coefficient (Wildman–Crippen LogP) is 4.29. The van der Waals surface area contributed by atoms with Gasteiger partial charge in [0, 0.05) is 29.0 Å². The summed E-state index contributed by atoms with van der Waals surface area (Å²) in [4.78, 5) is 12.6. The van der Waals surface area contributed by atoms with Gasteiger partial charge in [0.15, 0.2) is 16.8 Å². The molecule has 0 saturated carbocycles. The van der Waals surface area contributed by atoms with Crippen LogP contribution in [0.5, 0.6) is 17.2 Å². The van der Waals surface area contributed by atoms with Crippen LogP contribution in [0.25, 0.3) is 22.3 Å². The number of benzene rings is 2. The molecular formula is C23H26O6. The van der Waals surface area contributed by atoms with E-state index in [9.17, 15) is 20.1 Å². The van der Waals surface area contributed by atoms with Crippen LogP contribution in [-0.2, 0) is 0 Å². The Morgan fingerprint density at radius 3 is 2.34 bits per heavy atom. The van der Waals surface area contributed by atoms with Gasteiger partial charge in [-0.15, -0.1) is 0 Å². The molecular weight excluding hydrogens is 372 g/mol. The van der Waals surface area contributed by atoms with E-state index in [1.54, 1.807) is 27.7 Å². The first-order chi connectivity index (χ1) is 13.6. The minimum Gasteiger partial charge on any atom is -0.507 e. The molecule has 154 valence electrons. The molecule has 0 aromatic heterocycles. The third-order valence-corrected chi connectivity index (χ3v) is 6.55. The van der Waals surface area contributed by atoms with Crippen molar-refractivity contribution in [2.45, 2.75) is 65.6 Å². The van der Waals surface area contributed by atoms with Crippen molar-refractivity contribution < 1.29 is 24.5 Å². The maximum atomic E-state index is 12.6. The second-order valence-electron chi connectivity index (χ2n) is 8.30. The summed E-state index contributed by atoms with van der Waals surface area (Å²) in [5.74, 6) is 0.0425. The molecule has 0 bridgehead atoms. The number of aliphatic hydroxyl groups excluding tert-OH is 1. The Bertz CT molecular complexity index is 1170. The molecule has 6 heteroatoms. The lowest BCUT2D eigenvalue weighted by molar-refractivity contribution is 0.167. The maximum Gasteiger partial charge on any atom is 0.185 e. The first kappa shape index (κ1) is 19.6. The number of phenolic OH excluding ortho intramolecular Hbond substituents is 2. The summed E-state index contributed by atoms with van der Waals surface area (Å²) in [5, 5.41) is 32.4. The molecule has 6 nitrogen and oxygen atoms in total. The molecule has 0 saturated heterocycles. The van der Waals surface area contributed by atoms with E-state index in [0.717, 1.165) is 5.56 Å². The molecule has 2 heterocycles. The van der Waals surface area contributed by atoms with Gasteiger partial charge in [0.05, 0.1) is 11.7 Å². The van der Waals surface area contributed by atoms with Gasteiger partial charge in [-0.25, -0.2) is 0 Å². The van der Waals surface area contributed by atoms with Gasteiger partial charge in [-0.1, -0.05) is 13.8 Å². The predicted molar refractivity (Wildman–Crippen MR) is 111 cm³/mol. The highest BCUT2D eigenvalue weighted by Crippen LogP contribution is 2.54. The molecule has 1 aromatic rings. The largest absolute Gasteiger partial charge is 0.507 e. The third-order valence-electron chi connectivity index (χ3n) is 6.55. The molecule has 0 fully saturated rings. The zero-order valence-electron chi connectivity index (χ0n) is 17.5. The van der Waals surface area contributed by atoms with Crippen molar-refractivity contribution in [3.05, 3.63) is 38.5 Å². The molecule has 0 spiro atoms. The van der Waals surface area contributed by atoms with Gasteiger partial charge < -0.3 is 24.5 Å². The highest BCUT2D eigenvalue weighted by atomic mass is 16.5. The summed E-state index contributed by atoms with van der Waals surface area (Å²) in [6.45, 7) is 10.8. The normalized spacial score (nSPS) is 20.7. The second kappa shape index (κ2) is 6.39. The molecule has 1 aliphatic carbocycles. The van der Waals surface area contributed by atoms with Crippen LogP contribution in [-0.4, -0.2) is 27.5 Å². The number of ether oxygens (including phenoxy) is 1. The van der Waals surface area contributed by atoms with E-state index in [1.165, 1.54) is 6.07 Å². The van der Waals surface area contributed by atoms with Crippen LogP contribution in [0.4, 0.5) is 0 Å². The van der Waals surface area contributed by atoms with Crippen LogP contribution in [0, 0.1) is 13.8 Å². The Morgan fingerprint density at radius 2 is 1.72 bits per heavy atom. The number of hydrogen-bond donors (Lipinski definition) is 3. The zero-order valence-corrected chi connectivity index (χ0v) is 17.5. The molecule has 4 rings (SSSR count). The lowest BCUT2D eigenvalue weighted by Gasteiger charge is -2.34. The second-order valence-corrected chi connectivity index (χ2v) is 8.30. The summed E-state index contributed by atoms with van der Waals surface area (Å²) < 4.78 is 12.2. The van der Waals surface area contributed by atoms with Crippen LogP contribution in [0.3, 0.4) is 0 Å². The number of phenols is 2. The molecule has 4 atom stereocenters. The lowest BCUT2D eigenvalue weighted by atomic mass is 9.82. The fourth-order valence-corrected chi connectivity index (χ4v) is 4.46. The van der Waals surface area contributed by atoms with Crippen LogP contribution in [0.1, 0.15) is 61.8 Å². The number of hydrogen-bond acceptors (Lipinski definition) is 6. The molecule has 1 aromatic carbocycles. The van der Waals surface area contributed by atoms with Crippen molar-refractivity contribution in [2.24, 2.45) is 0 Å². The zero-order chi connectivity index (χ0) is 21.4. The standard InChI is InChI=1S/C23H26O6/c1-8(12(5)24)17-11(4)20(26)19-22-18-15(29-23(19)21(17)27)7-14(25)10(3)16(18)9(2)13(6)28-22/h7-9,12-13,24,26-27H,1-6H3/t8-,9-,12+,13-/m1/s1. The Hall–Kier alpha value is -2.73. The summed E-state index contributed by atoms with van der Waals surface area (Å²) in [5.41, 5.74) is 2.92. The molecule has 29 heavy (non-hydrogen) atoms. The van der Waals surface area contributed by atoms with E-state index in [0.29, 0.717) is 33.8 Å². The molecule has 0 radical (unpaired) electrons. The van der Waals surface area contributed by atoms with Gasteiger partial charge in [0.1, 0.15) is 28.7 Å². The Kier molecular flexibility index (Phi) is 4.31. The van der Waals surface area contributed by atoms with Crippen LogP contribution in [0.2, 0.25) is 0 Å². The van der Waals surface area contributed by atoms with Crippen molar-refractivity contribution in [3.63, 3.8) is 0 Å². The highest BCUT2D eigenvalue weighted by Gasteiger charge is 2.37. The van der Waals surface area contributed by atoms with Crippen molar-refractivity contribution in [1.29, 1.82) is 0 Å². The minimum atomic E-state index is -0.741. The monoisotopic (exact) mass is 398 g/mol. The Morgan fingerprint density at radius 1 is 1.07 bits per heavy atom. The van der Waals surface area contributed by atoms with Crippen molar-refractivity contribution >= 4 is 11.0 Å². The molecule has 0 unspecified atom stereocenters. The Labute approximate surface area is 168 Å². The van der Waals surface area contributed by atoms with E-state index < -0.39 is 12.0 Å². The summed E-state index contributed by atoms with van der Waals surface area (Å²) >= 11 is 0. The number of fused-ring (bicyclic) bond motifs is 2. The first-order valence-electron chi connectivity index (χ1n) is 9.89. The summed E-state index contributed by atoms with van der Waals surface area (Å²) in [6.07, 6.45) is -0.968. The lowest BCUT2D eigenvalue weighted by Crippen LogP contribution is -2.28. The van der Waals surface area contributed by atoms with Crippen LogP contribution >= 0.6 is 0 Å². The average Bonchev–Trinajstić information content (AvgIpc) is 2.66. The van der Waals surface area contributed by atoms with Crippen molar-refractivity contribution in [2.75, 3.05) is 0 Å². The fourth-order valence-electron chi connectivity index (χ4n) is 4.46. The van der Waals surface area contributed by atoms with Crippen molar-refractivity contribution in [3.8, 4) is 28.6 Å². The van der Waals surface area contributed by atoms with Crippen LogP contribution in [0.15, 0.2) is 15.3 Å². The SMILES string of the molecule is Cc1c([C@H](C)[C@H](C)O)c(O)c2oc3cc(=O)c(C)c4c-3c(c2c1O)O[C@H](C)[C@H]4C. The van der Waals surface area contributed by atoms with Gasteiger partial charge in [0.25, 0.3) is 0 Å². The van der Waals surface area contributed by atoms with E-state index in [2.05, 4.69) is 0 Å². The number of aliphatic hydroxyl groups is 1. The number of rotatable bonds is 2. The van der Waals surface area contributed by atoms with Gasteiger partial charge in [-0.3, -0.25) is 4.79 Å². The third kappa shape index (κ3) is 2.55. The first-order valence-corrected chi connectivity index (χ1v) is 9.89. The van der Waals surface area contributed by atoms with Gasteiger partial charge in [-0.05, 0) is 38.8 Å². The molecule has 0 amide bonds. The summed E-state index contributed by atoms with van der Waals surface area (Å²) in [6, 6.07) is 1.40. The highest BCUT2D eigenvalue weighted by molar-refractivity contribution is 6.01.